The fourth-order valence-electron chi connectivity index (χ4n) is 1.69. The predicted molar refractivity (Wildman–Crippen MR) is 69.4 cm³/mol. The number of hydrogen-bond donors (Lipinski definition) is 3. The van der Waals surface area contributed by atoms with Crippen molar-refractivity contribution in [1.29, 1.82) is 0 Å². The summed E-state index contributed by atoms with van der Waals surface area (Å²) in [6.07, 6.45) is -2.75. The Kier molecular flexibility index (Phi) is 4.51. The summed E-state index contributed by atoms with van der Waals surface area (Å²) < 4.78 is 4.67. The predicted octanol–water partition coefficient (Wildman–Crippen LogP) is 1.06. The van der Waals surface area contributed by atoms with Crippen LogP contribution in [0.1, 0.15) is 5.56 Å². The molecule has 0 saturated carbocycles. The molecule has 2 atom stereocenters. The summed E-state index contributed by atoms with van der Waals surface area (Å²) >= 11 is 0. The van der Waals surface area contributed by atoms with Gasteiger partial charge in [-0.3, -0.25) is 0 Å². The molecule has 2 unspecified atom stereocenters. The molecule has 0 aliphatic carbocycles. The van der Waals surface area contributed by atoms with E-state index in [1.54, 1.807) is 12.1 Å². The molecule has 0 amide bonds. The van der Waals surface area contributed by atoms with Crippen LogP contribution >= 0.6 is 0 Å². The molecule has 3 N–H and O–H groups in total. The average molecular weight is 294 g/mol. The zero-order valence-electron chi connectivity index (χ0n) is 11.1. The molecule has 1 heterocycles. The van der Waals surface area contributed by atoms with Crippen LogP contribution in [0.15, 0.2) is 46.2 Å². The Bertz CT molecular complexity index is 598. The number of aryl methyl sites for hydroxylation is 1. The van der Waals surface area contributed by atoms with Crippen LogP contribution in [-0.2, 0) is 14.4 Å². The molecule has 2 rings (SSSR count). The molecule has 21 heavy (non-hydrogen) atoms. The molecular formula is C13H14N2O6. The van der Waals surface area contributed by atoms with Gasteiger partial charge in [0.25, 0.3) is 0 Å². The molecule has 0 radical (unpaired) electrons. The lowest BCUT2D eigenvalue weighted by molar-refractivity contribution is -0.148. The van der Waals surface area contributed by atoms with Crippen LogP contribution < -0.4 is 0 Å². The van der Waals surface area contributed by atoms with E-state index >= 15 is 0 Å². The van der Waals surface area contributed by atoms with Crippen LogP contribution in [-0.4, -0.2) is 40.1 Å². The minimum atomic E-state index is -1.43. The van der Waals surface area contributed by atoms with Crippen molar-refractivity contribution >= 4 is 11.7 Å². The topological polar surface area (TPSA) is 121 Å². The summed E-state index contributed by atoms with van der Waals surface area (Å²) in [4.78, 5) is 16.1. The molecule has 0 spiro atoms. The first-order valence-electron chi connectivity index (χ1n) is 6.11. The van der Waals surface area contributed by atoms with E-state index in [1.807, 2.05) is 19.1 Å². The van der Waals surface area contributed by atoms with Gasteiger partial charge in [0.15, 0.2) is 6.10 Å². The summed E-state index contributed by atoms with van der Waals surface area (Å²) in [5.74, 6) is -2.26. The molecule has 0 fully saturated rings. The third-order valence-corrected chi connectivity index (χ3v) is 2.86. The Morgan fingerprint density at radius 3 is 2.81 bits per heavy atom. The quantitative estimate of drug-likeness (QED) is 0.424. The first-order valence-corrected chi connectivity index (χ1v) is 6.11. The number of carbonyl (C=O) groups is 1. The van der Waals surface area contributed by atoms with Crippen molar-refractivity contribution in [2.45, 2.75) is 19.1 Å². The number of carbonyl (C=O) groups excluding carboxylic acids is 1. The summed E-state index contributed by atoms with van der Waals surface area (Å²) in [6.45, 7) is 1.15. The number of benzene rings is 1. The summed E-state index contributed by atoms with van der Waals surface area (Å²) in [5.41, 5.74) is 1.40. The van der Waals surface area contributed by atoms with E-state index < -0.39 is 30.5 Å². The average Bonchev–Trinajstić information content (AvgIpc) is 2.76. The smallest absolute Gasteiger partial charge is 0.378 e. The SMILES string of the molecule is Cc1ccccc1N=NOC1=C(O)C(=O)OC1C(O)CO. The molecular weight excluding hydrogens is 280 g/mol. The fourth-order valence-corrected chi connectivity index (χ4v) is 1.69. The van der Waals surface area contributed by atoms with Gasteiger partial charge in [0.05, 0.1) is 12.3 Å². The van der Waals surface area contributed by atoms with Crippen LogP contribution in [0.2, 0.25) is 0 Å². The van der Waals surface area contributed by atoms with E-state index in [1.165, 1.54) is 0 Å². The fraction of sp³-hybridized carbons (Fsp3) is 0.308. The van der Waals surface area contributed by atoms with Gasteiger partial charge >= 0.3 is 5.97 Å². The van der Waals surface area contributed by atoms with Crippen LogP contribution in [0.4, 0.5) is 5.69 Å². The van der Waals surface area contributed by atoms with Gasteiger partial charge in [-0.1, -0.05) is 18.2 Å². The van der Waals surface area contributed by atoms with Crippen molar-refractivity contribution in [1.82, 2.24) is 0 Å². The largest absolute Gasteiger partial charge is 0.499 e. The van der Waals surface area contributed by atoms with E-state index in [4.69, 9.17) is 9.94 Å². The summed E-state index contributed by atoms with van der Waals surface area (Å²) in [7, 11) is 0. The molecule has 112 valence electrons. The molecule has 1 aromatic carbocycles. The molecule has 0 saturated heterocycles. The number of ether oxygens (including phenoxy) is 1. The second-order valence-corrected chi connectivity index (χ2v) is 4.35. The summed E-state index contributed by atoms with van der Waals surface area (Å²) in [6, 6.07) is 7.12. The Morgan fingerprint density at radius 2 is 2.14 bits per heavy atom. The number of hydrogen-bond acceptors (Lipinski definition) is 8. The normalized spacial score (nSPS) is 20.0. The number of aliphatic hydroxyl groups is 3. The van der Waals surface area contributed by atoms with Crippen LogP contribution in [0.25, 0.3) is 0 Å². The van der Waals surface area contributed by atoms with E-state index in [0.717, 1.165) is 5.56 Å². The maximum atomic E-state index is 11.2. The number of aliphatic hydroxyl groups excluding tert-OH is 3. The lowest BCUT2D eigenvalue weighted by Gasteiger charge is -2.15. The van der Waals surface area contributed by atoms with Gasteiger partial charge in [0.1, 0.15) is 6.10 Å². The highest BCUT2D eigenvalue weighted by atomic mass is 16.7. The highest BCUT2D eigenvalue weighted by Gasteiger charge is 2.41. The third-order valence-electron chi connectivity index (χ3n) is 2.86. The van der Waals surface area contributed by atoms with Crippen LogP contribution in [0.5, 0.6) is 0 Å². The minimum absolute atomic E-state index is 0.390. The Morgan fingerprint density at radius 1 is 1.43 bits per heavy atom. The van der Waals surface area contributed by atoms with Gasteiger partial charge in [-0.2, -0.15) is 0 Å². The highest BCUT2D eigenvalue weighted by molar-refractivity contribution is 5.89. The maximum absolute atomic E-state index is 11.2. The van der Waals surface area contributed by atoms with Gasteiger partial charge in [-0.05, 0) is 18.6 Å². The molecule has 1 aromatic rings. The third kappa shape index (κ3) is 3.18. The van der Waals surface area contributed by atoms with E-state index in [-0.39, 0.29) is 5.76 Å². The number of rotatable bonds is 5. The second-order valence-electron chi connectivity index (χ2n) is 4.35. The van der Waals surface area contributed by atoms with E-state index in [9.17, 15) is 15.0 Å². The van der Waals surface area contributed by atoms with Crippen molar-refractivity contribution in [2.24, 2.45) is 10.4 Å². The van der Waals surface area contributed by atoms with E-state index in [0.29, 0.717) is 5.69 Å². The second kappa shape index (κ2) is 6.33. The van der Waals surface area contributed by atoms with Gasteiger partial charge < -0.3 is 24.9 Å². The Hall–Kier alpha value is -2.45. The first kappa shape index (κ1) is 14.9. The Balaban J connectivity index is 2.13. The molecule has 8 nitrogen and oxygen atoms in total. The van der Waals surface area contributed by atoms with E-state index in [2.05, 4.69) is 15.1 Å². The lowest BCUT2D eigenvalue weighted by atomic mass is 10.2. The molecule has 1 aliphatic rings. The molecule has 1 aliphatic heterocycles. The molecule has 0 bridgehead atoms. The van der Waals surface area contributed by atoms with Gasteiger partial charge in [0.2, 0.25) is 11.5 Å². The number of esters is 1. The summed E-state index contributed by atoms with van der Waals surface area (Å²) in [5, 5.41) is 35.1. The zero-order valence-corrected chi connectivity index (χ0v) is 11.1. The van der Waals surface area contributed by atoms with Gasteiger partial charge in [0, 0.05) is 5.28 Å². The van der Waals surface area contributed by atoms with Crippen molar-refractivity contribution in [2.75, 3.05) is 6.61 Å². The van der Waals surface area contributed by atoms with Crippen molar-refractivity contribution in [3.05, 3.63) is 41.3 Å². The zero-order chi connectivity index (χ0) is 15.4. The van der Waals surface area contributed by atoms with Crippen molar-refractivity contribution in [3.63, 3.8) is 0 Å². The van der Waals surface area contributed by atoms with Crippen molar-refractivity contribution < 1.29 is 29.7 Å². The highest BCUT2D eigenvalue weighted by Crippen LogP contribution is 2.26. The van der Waals surface area contributed by atoms with Crippen LogP contribution in [0, 0.1) is 6.92 Å². The molecule has 8 heteroatoms. The standard InChI is InChI=1S/C13H14N2O6/c1-7-4-2-3-5-8(7)14-15-21-12-10(18)13(19)20-11(12)9(17)6-16/h2-5,9,11,16-18H,6H2,1H3. The van der Waals surface area contributed by atoms with Gasteiger partial charge in [-0.15, -0.1) is 5.11 Å². The minimum Gasteiger partial charge on any atom is -0.499 e. The lowest BCUT2D eigenvalue weighted by Crippen LogP contribution is -2.32. The first-order chi connectivity index (χ1) is 10.0. The molecule has 0 aromatic heterocycles. The maximum Gasteiger partial charge on any atom is 0.378 e. The Labute approximate surface area is 119 Å². The number of nitrogens with zero attached hydrogens (tertiary/aromatic N) is 2. The van der Waals surface area contributed by atoms with Crippen LogP contribution in [0.3, 0.4) is 0 Å². The monoisotopic (exact) mass is 294 g/mol. The number of cyclic esters (lactones) is 1. The van der Waals surface area contributed by atoms with Gasteiger partial charge in [-0.25, -0.2) is 4.79 Å². The van der Waals surface area contributed by atoms with Crippen molar-refractivity contribution in [3.8, 4) is 0 Å².